The highest BCUT2D eigenvalue weighted by atomic mass is 16.5. The molecular weight excluding hydrogens is 240 g/mol. The first-order valence-corrected chi connectivity index (χ1v) is 6.99. The molecule has 0 amide bonds. The summed E-state index contributed by atoms with van der Waals surface area (Å²) < 4.78 is 10.8. The quantitative estimate of drug-likeness (QED) is 0.705. The second-order valence-corrected chi connectivity index (χ2v) is 4.51. The zero-order valence-electron chi connectivity index (χ0n) is 12.1. The van der Waals surface area contributed by atoms with Crippen molar-refractivity contribution in [2.24, 2.45) is 5.73 Å². The Kier molecular flexibility index (Phi) is 8.02. The van der Waals surface area contributed by atoms with Crippen molar-refractivity contribution in [3.05, 3.63) is 24.3 Å². The molecule has 0 bridgehead atoms. The molecule has 4 heteroatoms. The molecule has 0 saturated heterocycles. The number of methoxy groups -OCH3 is 1. The van der Waals surface area contributed by atoms with Crippen molar-refractivity contribution in [1.82, 2.24) is 4.90 Å². The molecule has 1 aromatic carbocycles. The summed E-state index contributed by atoms with van der Waals surface area (Å²) in [4.78, 5) is 2.35. The van der Waals surface area contributed by atoms with Crippen molar-refractivity contribution in [3.63, 3.8) is 0 Å². The third-order valence-corrected chi connectivity index (χ3v) is 3.01. The molecule has 0 saturated carbocycles. The lowest BCUT2D eigenvalue weighted by atomic mass is 10.3. The van der Waals surface area contributed by atoms with Gasteiger partial charge in [0.15, 0.2) is 0 Å². The Labute approximate surface area is 116 Å². The molecule has 0 aliphatic carbocycles. The van der Waals surface area contributed by atoms with Gasteiger partial charge in [-0.3, -0.25) is 4.90 Å². The van der Waals surface area contributed by atoms with Crippen LogP contribution in [0.25, 0.3) is 0 Å². The molecule has 0 aliphatic rings. The Bertz CT molecular complexity index is 327. The molecule has 1 aromatic rings. The number of nitrogens with two attached hydrogens (primary N) is 1. The Hall–Kier alpha value is -1.26. The minimum Gasteiger partial charge on any atom is -0.497 e. The van der Waals surface area contributed by atoms with Crippen LogP contribution in [0, 0.1) is 0 Å². The number of rotatable bonds is 10. The van der Waals surface area contributed by atoms with E-state index in [4.69, 9.17) is 15.2 Å². The van der Waals surface area contributed by atoms with Gasteiger partial charge in [-0.25, -0.2) is 0 Å². The molecule has 0 radical (unpaired) electrons. The van der Waals surface area contributed by atoms with Gasteiger partial charge in [0.1, 0.15) is 18.1 Å². The van der Waals surface area contributed by atoms with Crippen LogP contribution in [0.2, 0.25) is 0 Å². The Morgan fingerprint density at radius 2 is 1.74 bits per heavy atom. The maximum absolute atomic E-state index is 5.72. The first-order chi connectivity index (χ1) is 9.30. The van der Waals surface area contributed by atoms with E-state index in [1.165, 1.54) is 12.8 Å². The highest BCUT2D eigenvalue weighted by Gasteiger charge is 2.03. The molecule has 2 N–H and O–H groups in total. The summed E-state index contributed by atoms with van der Waals surface area (Å²) in [7, 11) is 1.66. The fourth-order valence-electron chi connectivity index (χ4n) is 1.86. The Balaban J connectivity index is 2.29. The van der Waals surface area contributed by atoms with Crippen molar-refractivity contribution in [3.8, 4) is 11.5 Å². The molecule has 19 heavy (non-hydrogen) atoms. The molecular formula is C15H26N2O2. The molecule has 0 atom stereocenters. The van der Waals surface area contributed by atoms with Gasteiger partial charge in [-0.2, -0.15) is 0 Å². The van der Waals surface area contributed by atoms with Gasteiger partial charge < -0.3 is 15.2 Å². The van der Waals surface area contributed by atoms with Crippen LogP contribution in [0.15, 0.2) is 24.3 Å². The van der Waals surface area contributed by atoms with E-state index >= 15 is 0 Å². The third kappa shape index (κ3) is 6.45. The van der Waals surface area contributed by atoms with E-state index in [1.807, 2.05) is 24.3 Å². The molecule has 0 aromatic heterocycles. The monoisotopic (exact) mass is 266 g/mol. The average molecular weight is 266 g/mol. The van der Waals surface area contributed by atoms with Gasteiger partial charge in [-0.1, -0.05) is 13.3 Å². The van der Waals surface area contributed by atoms with Crippen LogP contribution >= 0.6 is 0 Å². The number of unbranched alkanes of at least 4 members (excludes halogenated alkanes) is 1. The Morgan fingerprint density at radius 1 is 1.05 bits per heavy atom. The summed E-state index contributed by atoms with van der Waals surface area (Å²) in [5, 5.41) is 0. The summed E-state index contributed by atoms with van der Waals surface area (Å²) in [6.07, 6.45) is 2.42. The largest absolute Gasteiger partial charge is 0.497 e. The van der Waals surface area contributed by atoms with Crippen LogP contribution in [-0.2, 0) is 0 Å². The first kappa shape index (κ1) is 15.8. The van der Waals surface area contributed by atoms with Crippen LogP contribution < -0.4 is 15.2 Å². The van der Waals surface area contributed by atoms with E-state index < -0.39 is 0 Å². The molecule has 0 heterocycles. The Morgan fingerprint density at radius 3 is 2.32 bits per heavy atom. The molecule has 0 fully saturated rings. The van der Waals surface area contributed by atoms with E-state index in [2.05, 4.69) is 11.8 Å². The molecule has 0 aliphatic heterocycles. The number of nitrogens with zero attached hydrogens (tertiary/aromatic N) is 1. The van der Waals surface area contributed by atoms with Crippen molar-refractivity contribution in [1.29, 1.82) is 0 Å². The maximum atomic E-state index is 5.72. The van der Waals surface area contributed by atoms with E-state index in [0.717, 1.165) is 31.1 Å². The molecule has 108 valence electrons. The van der Waals surface area contributed by atoms with Gasteiger partial charge in [0.05, 0.1) is 7.11 Å². The van der Waals surface area contributed by atoms with Crippen LogP contribution in [-0.4, -0.2) is 44.8 Å². The number of ether oxygens (including phenoxy) is 2. The zero-order chi connectivity index (χ0) is 13.9. The molecule has 1 rings (SSSR count). The lowest BCUT2D eigenvalue weighted by Crippen LogP contribution is -2.33. The van der Waals surface area contributed by atoms with E-state index in [0.29, 0.717) is 13.2 Å². The highest BCUT2D eigenvalue weighted by Crippen LogP contribution is 2.16. The summed E-state index contributed by atoms with van der Waals surface area (Å²) in [6.45, 7) is 6.55. The van der Waals surface area contributed by atoms with Crippen molar-refractivity contribution in [2.75, 3.05) is 39.9 Å². The van der Waals surface area contributed by atoms with Crippen LogP contribution in [0.3, 0.4) is 0 Å². The lowest BCUT2D eigenvalue weighted by Gasteiger charge is -2.21. The molecule has 0 unspecified atom stereocenters. The average Bonchev–Trinajstić information content (AvgIpc) is 2.45. The van der Waals surface area contributed by atoms with E-state index in [-0.39, 0.29) is 0 Å². The van der Waals surface area contributed by atoms with Gasteiger partial charge in [-0.05, 0) is 37.2 Å². The predicted molar refractivity (Wildman–Crippen MR) is 78.9 cm³/mol. The third-order valence-electron chi connectivity index (χ3n) is 3.01. The van der Waals surface area contributed by atoms with Crippen LogP contribution in [0.1, 0.15) is 19.8 Å². The lowest BCUT2D eigenvalue weighted by molar-refractivity contribution is 0.210. The maximum Gasteiger partial charge on any atom is 0.119 e. The van der Waals surface area contributed by atoms with Gasteiger partial charge in [0, 0.05) is 19.6 Å². The van der Waals surface area contributed by atoms with E-state index in [1.54, 1.807) is 7.11 Å². The predicted octanol–water partition coefficient (Wildman–Crippen LogP) is 2.13. The normalized spacial score (nSPS) is 10.7. The second-order valence-electron chi connectivity index (χ2n) is 4.51. The first-order valence-electron chi connectivity index (χ1n) is 6.99. The van der Waals surface area contributed by atoms with Gasteiger partial charge >= 0.3 is 0 Å². The minimum atomic E-state index is 0.691. The van der Waals surface area contributed by atoms with Gasteiger partial charge in [0.25, 0.3) is 0 Å². The van der Waals surface area contributed by atoms with Gasteiger partial charge in [-0.15, -0.1) is 0 Å². The van der Waals surface area contributed by atoms with Crippen LogP contribution in [0.4, 0.5) is 0 Å². The van der Waals surface area contributed by atoms with Crippen LogP contribution in [0.5, 0.6) is 11.5 Å². The summed E-state index contributed by atoms with van der Waals surface area (Å²) >= 11 is 0. The van der Waals surface area contributed by atoms with Crippen molar-refractivity contribution < 1.29 is 9.47 Å². The zero-order valence-corrected chi connectivity index (χ0v) is 12.1. The number of hydrogen-bond acceptors (Lipinski definition) is 4. The number of hydrogen-bond donors (Lipinski definition) is 1. The minimum absolute atomic E-state index is 0.691. The second kappa shape index (κ2) is 9.64. The van der Waals surface area contributed by atoms with Crippen molar-refractivity contribution in [2.45, 2.75) is 19.8 Å². The molecule has 0 spiro atoms. The topological polar surface area (TPSA) is 47.7 Å². The molecule has 4 nitrogen and oxygen atoms in total. The summed E-state index contributed by atoms with van der Waals surface area (Å²) in [5.41, 5.74) is 5.62. The van der Waals surface area contributed by atoms with E-state index in [9.17, 15) is 0 Å². The summed E-state index contributed by atoms with van der Waals surface area (Å²) in [5.74, 6) is 1.73. The van der Waals surface area contributed by atoms with Crippen molar-refractivity contribution >= 4 is 0 Å². The fraction of sp³-hybridized carbons (Fsp3) is 0.600. The van der Waals surface area contributed by atoms with Gasteiger partial charge in [0.2, 0.25) is 0 Å². The fourth-order valence-corrected chi connectivity index (χ4v) is 1.86. The summed E-state index contributed by atoms with van der Waals surface area (Å²) in [6, 6.07) is 7.67. The SMILES string of the molecule is CCCCN(CCN)CCOc1ccc(OC)cc1. The highest BCUT2D eigenvalue weighted by molar-refractivity contribution is 5.31. The standard InChI is InChI=1S/C15H26N2O2/c1-3-4-10-17(11-9-16)12-13-19-15-7-5-14(18-2)6-8-15/h5-8H,3-4,9-13,16H2,1-2H3. The smallest absolute Gasteiger partial charge is 0.119 e. The number of benzene rings is 1.